The van der Waals surface area contributed by atoms with Crippen LogP contribution in [0.1, 0.15) is 17.8 Å². The van der Waals surface area contributed by atoms with Crippen molar-refractivity contribution in [2.24, 2.45) is 0 Å². The van der Waals surface area contributed by atoms with Crippen molar-refractivity contribution in [3.63, 3.8) is 0 Å². The molecule has 0 unspecified atom stereocenters. The SMILES string of the molecule is Cc1nc(C(F)F)cc(F)c1Br. The van der Waals surface area contributed by atoms with E-state index in [0.29, 0.717) is 0 Å². The minimum absolute atomic E-state index is 0.131. The molecule has 1 aromatic heterocycles. The van der Waals surface area contributed by atoms with Crippen molar-refractivity contribution in [2.75, 3.05) is 0 Å². The minimum Gasteiger partial charge on any atom is -0.251 e. The molecule has 66 valence electrons. The molecule has 0 aromatic carbocycles. The van der Waals surface area contributed by atoms with Crippen LogP contribution in [0.4, 0.5) is 13.2 Å². The normalized spacial score (nSPS) is 10.8. The number of rotatable bonds is 1. The fraction of sp³-hybridized carbons (Fsp3) is 0.286. The summed E-state index contributed by atoms with van der Waals surface area (Å²) in [7, 11) is 0. The summed E-state index contributed by atoms with van der Waals surface area (Å²) < 4.78 is 36.9. The van der Waals surface area contributed by atoms with E-state index in [-0.39, 0.29) is 10.2 Å². The number of hydrogen-bond donors (Lipinski definition) is 0. The minimum atomic E-state index is -2.73. The van der Waals surface area contributed by atoms with E-state index in [0.717, 1.165) is 6.07 Å². The van der Waals surface area contributed by atoms with Gasteiger partial charge in [0.15, 0.2) is 0 Å². The molecule has 0 atom stereocenters. The molecule has 0 aliphatic heterocycles. The van der Waals surface area contributed by atoms with Crippen LogP contribution in [0.3, 0.4) is 0 Å². The van der Waals surface area contributed by atoms with E-state index >= 15 is 0 Å². The van der Waals surface area contributed by atoms with Crippen LogP contribution in [-0.2, 0) is 0 Å². The van der Waals surface area contributed by atoms with Gasteiger partial charge >= 0.3 is 0 Å². The summed E-state index contributed by atoms with van der Waals surface area (Å²) in [5.74, 6) is -0.710. The number of alkyl halides is 2. The second kappa shape index (κ2) is 3.43. The Balaban J connectivity index is 3.21. The summed E-state index contributed by atoms with van der Waals surface area (Å²) >= 11 is 2.88. The molecule has 1 rings (SSSR count). The Kier molecular flexibility index (Phi) is 2.72. The highest BCUT2D eigenvalue weighted by molar-refractivity contribution is 9.10. The van der Waals surface area contributed by atoms with Crippen LogP contribution < -0.4 is 0 Å². The van der Waals surface area contributed by atoms with E-state index in [1.54, 1.807) is 0 Å². The Morgan fingerprint density at radius 2 is 2.08 bits per heavy atom. The van der Waals surface area contributed by atoms with Crippen molar-refractivity contribution in [3.8, 4) is 0 Å². The maximum Gasteiger partial charge on any atom is 0.280 e. The number of pyridine rings is 1. The Labute approximate surface area is 75.7 Å². The lowest BCUT2D eigenvalue weighted by atomic mass is 10.3. The van der Waals surface area contributed by atoms with Gasteiger partial charge in [-0.2, -0.15) is 0 Å². The molecule has 0 spiro atoms. The van der Waals surface area contributed by atoms with Gasteiger partial charge in [-0.1, -0.05) is 0 Å². The predicted octanol–water partition coefficient (Wildman–Crippen LogP) is 3.23. The molecule has 1 nitrogen and oxygen atoms in total. The first-order chi connectivity index (χ1) is 5.52. The third-order valence-corrected chi connectivity index (χ3v) is 2.27. The molecule has 0 radical (unpaired) electrons. The molecule has 0 saturated heterocycles. The largest absolute Gasteiger partial charge is 0.280 e. The van der Waals surface area contributed by atoms with Crippen molar-refractivity contribution in [1.29, 1.82) is 0 Å². The average Bonchev–Trinajstić information content (AvgIpc) is 1.99. The topological polar surface area (TPSA) is 12.9 Å². The molecular formula is C7H5BrF3N. The maximum absolute atomic E-state index is 12.8. The highest BCUT2D eigenvalue weighted by atomic mass is 79.9. The lowest BCUT2D eigenvalue weighted by Crippen LogP contribution is -1.96. The lowest BCUT2D eigenvalue weighted by molar-refractivity contribution is 0.145. The van der Waals surface area contributed by atoms with Gasteiger partial charge in [0, 0.05) is 6.07 Å². The van der Waals surface area contributed by atoms with Gasteiger partial charge in [-0.25, -0.2) is 13.2 Å². The van der Waals surface area contributed by atoms with Crippen molar-refractivity contribution < 1.29 is 13.2 Å². The zero-order chi connectivity index (χ0) is 9.30. The van der Waals surface area contributed by atoms with Crippen molar-refractivity contribution in [2.45, 2.75) is 13.3 Å². The van der Waals surface area contributed by atoms with Crippen LogP contribution in [0.15, 0.2) is 10.5 Å². The molecule has 0 N–H and O–H groups in total. The van der Waals surface area contributed by atoms with Gasteiger partial charge in [0.2, 0.25) is 0 Å². The van der Waals surface area contributed by atoms with Gasteiger partial charge in [-0.3, -0.25) is 4.98 Å². The van der Waals surface area contributed by atoms with Crippen molar-refractivity contribution in [3.05, 3.63) is 27.7 Å². The van der Waals surface area contributed by atoms with Gasteiger partial charge in [0.05, 0.1) is 10.2 Å². The molecule has 1 heterocycles. The average molecular weight is 240 g/mol. The van der Waals surface area contributed by atoms with Gasteiger partial charge in [-0.15, -0.1) is 0 Å². The van der Waals surface area contributed by atoms with Gasteiger partial charge in [0.25, 0.3) is 6.43 Å². The summed E-state index contributed by atoms with van der Waals surface area (Å²) in [5.41, 5.74) is -0.307. The molecule has 0 fully saturated rings. The predicted molar refractivity (Wildman–Crippen MR) is 41.6 cm³/mol. The van der Waals surface area contributed by atoms with Crippen LogP contribution in [-0.4, -0.2) is 4.98 Å². The van der Waals surface area contributed by atoms with Crippen molar-refractivity contribution >= 4 is 15.9 Å². The fourth-order valence-corrected chi connectivity index (χ4v) is 0.956. The zero-order valence-corrected chi connectivity index (χ0v) is 7.70. The molecule has 5 heteroatoms. The Bertz CT molecular complexity index is 278. The van der Waals surface area contributed by atoms with E-state index in [1.165, 1.54) is 6.92 Å². The fourth-order valence-electron chi connectivity index (χ4n) is 0.753. The quantitative estimate of drug-likeness (QED) is 0.734. The van der Waals surface area contributed by atoms with E-state index in [9.17, 15) is 13.2 Å². The van der Waals surface area contributed by atoms with Gasteiger partial charge in [0.1, 0.15) is 11.5 Å². The van der Waals surface area contributed by atoms with Crippen LogP contribution in [0.5, 0.6) is 0 Å². The maximum atomic E-state index is 12.8. The standard InChI is InChI=1S/C7H5BrF3N/c1-3-6(8)4(9)2-5(12-3)7(10)11/h2,7H,1H3. The molecule has 0 amide bonds. The third-order valence-electron chi connectivity index (χ3n) is 1.32. The number of hydrogen-bond acceptors (Lipinski definition) is 1. The Hall–Kier alpha value is -0.580. The second-order valence-corrected chi connectivity index (χ2v) is 3.02. The lowest BCUT2D eigenvalue weighted by Gasteiger charge is -2.03. The number of nitrogens with zero attached hydrogens (tertiary/aromatic N) is 1. The summed E-state index contributed by atoms with van der Waals surface area (Å²) in [4.78, 5) is 3.50. The third kappa shape index (κ3) is 1.77. The molecule has 0 aliphatic rings. The summed E-state index contributed by atoms with van der Waals surface area (Å²) in [6, 6.07) is 0.724. The van der Waals surface area contributed by atoms with E-state index in [4.69, 9.17) is 0 Å². The Morgan fingerprint density at radius 1 is 1.50 bits per heavy atom. The smallest absolute Gasteiger partial charge is 0.251 e. The molecular weight excluding hydrogens is 235 g/mol. The highest BCUT2D eigenvalue weighted by Gasteiger charge is 2.13. The zero-order valence-electron chi connectivity index (χ0n) is 6.11. The van der Waals surface area contributed by atoms with Gasteiger partial charge < -0.3 is 0 Å². The van der Waals surface area contributed by atoms with Crippen molar-refractivity contribution in [1.82, 2.24) is 4.98 Å². The van der Waals surface area contributed by atoms with Gasteiger partial charge in [-0.05, 0) is 22.9 Å². The first-order valence-corrected chi connectivity index (χ1v) is 3.92. The van der Waals surface area contributed by atoms with E-state index in [1.807, 2.05) is 0 Å². The number of halogens is 4. The van der Waals surface area contributed by atoms with Crippen LogP contribution in [0, 0.1) is 12.7 Å². The highest BCUT2D eigenvalue weighted by Crippen LogP contribution is 2.23. The molecule has 0 saturated carbocycles. The molecule has 0 aliphatic carbocycles. The molecule has 12 heavy (non-hydrogen) atoms. The summed E-state index contributed by atoms with van der Waals surface area (Å²) in [6.07, 6.45) is -2.73. The molecule has 1 aromatic rings. The van der Waals surface area contributed by atoms with Crippen LogP contribution in [0.25, 0.3) is 0 Å². The molecule has 0 bridgehead atoms. The first kappa shape index (κ1) is 9.51. The number of aromatic nitrogens is 1. The first-order valence-electron chi connectivity index (χ1n) is 3.13. The summed E-state index contributed by atoms with van der Waals surface area (Å²) in [6.45, 7) is 1.46. The second-order valence-electron chi connectivity index (χ2n) is 2.23. The van der Waals surface area contributed by atoms with Crippen LogP contribution in [0.2, 0.25) is 0 Å². The van der Waals surface area contributed by atoms with E-state index < -0.39 is 17.9 Å². The monoisotopic (exact) mass is 239 g/mol. The Morgan fingerprint density at radius 3 is 2.50 bits per heavy atom. The van der Waals surface area contributed by atoms with Crippen LogP contribution >= 0.6 is 15.9 Å². The van der Waals surface area contributed by atoms with E-state index in [2.05, 4.69) is 20.9 Å². The number of aryl methyl sites for hydroxylation is 1. The summed E-state index contributed by atoms with van der Waals surface area (Å²) in [5, 5.41) is 0.